The number of halogens is 3. The lowest BCUT2D eigenvalue weighted by Gasteiger charge is -2.29. The molecule has 0 saturated carbocycles. The molecule has 33 heavy (non-hydrogen) atoms. The van der Waals surface area contributed by atoms with Crippen LogP contribution in [0.3, 0.4) is 0 Å². The van der Waals surface area contributed by atoms with Gasteiger partial charge in [-0.3, -0.25) is 5.14 Å². The minimum atomic E-state index is -4.50. The Kier molecular flexibility index (Phi) is 5.73. The molecule has 0 atom stereocenters. The van der Waals surface area contributed by atoms with Crippen molar-refractivity contribution in [3.05, 3.63) is 66.6 Å². The van der Waals surface area contributed by atoms with Crippen molar-refractivity contribution < 1.29 is 13.2 Å². The number of nitrogens with zero attached hydrogens (tertiary/aromatic N) is 4. The lowest BCUT2D eigenvalue weighted by atomic mass is 10.0. The standard InChI is InChI=1S/C23H21F3N6S/c24-23(25,26)20-11-16(3-6-21(20)33-27)19-13-30-32-14-17(12-29-22(19)32)15-1-4-18(5-2-15)31-9-7-28-8-10-31/h1-6,11-14,28H,7-10,27H2. The van der Waals surface area contributed by atoms with Gasteiger partial charge in [0.15, 0.2) is 5.65 Å². The van der Waals surface area contributed by atoms with Crippen molar-refractivity contribution in [1.29, 1.82) is 0 Å². The van der Waals surface area contributed by atoms with E-state index < -0.39 is 11.7 Å². The van der Waals surface area contributed by atoms with E-state index in [4.69, 9.17) is 5.14 Å². The molecular weight excluding hydrogens is 449 g/mol. The molecule has 0 unspecified atom stereocenters. The van der Waals surface area contributed by atoms with Crippen molar-refractivity contribution in [2.75, 3.05) is 31.1 Å². The second-order valence-corrected chi connectivity index (χ2v) is 8.46. The number of benzene rings is 2. The maximum Gasteiger partial charge on any atom is 0.417 e. The fourth-order valence-electron chi connectivity index (χ4n) is 4.04. The van der Waals surface area contributed by atoms with E-state index in [0.717, 1.165) is 43.4 Å². The zero-order valence-corrected chi connectivity index (χ0v) is 18.3. The summed E-state index contributed by atoms with van der Waals surface area (Å²) in [4.78, 5) is 6.82. The molecule has 1 aliphatic heterocycles. The molecule has 0 spiro atoms. The van der Waals surface area contributed by atoms with E-state index in [9.17, 15) is 13.2 Å². The first kappa shape index (κ1) is 21.7. The summed E-state index contributed by atoms with van der Waals surface area (Å²) in [5.74, 6) is 0. The summed E-state index contributed by atoms with van der Waals surface area (Å²) >= 11 is 0.579. The summed E-state index contributed by atoms with van der Waals surface area (Å²) in [6, 6.07) is 12.3. The van der Waals surface area contributed by atoms with E-state index >= 15 is 0 Å². The van der Waals surface area contributed by atoms with Crippen molar-refractivity contribution in [2.24, 2.45) is 5.14 Å². The van der Waals surface area contributed by atoms with Gasteiger partial charge in [-0.2, -0.15) is 18.3 Å². The zero-order chi connectivity index (χ0) is 23.0. The van der Waals surface area contributed by atoms with Crippen LogP contribution in [0.1, 0.15) is 5.56 Å². The van der Waals surface area contributed by atoms with Gasteiger partial charge in [0.25, 0.3) is 0 Å². The van der Waals surface area contributed by atoms with Crippen LogP contribution < -0.4 is 15.4 Å². The lowest BCUT2D eigenvalue weighted by molar-refractivity contribution is -0.139. The molecule has 0 bridgehead atoms. The molecule has 2 aromatic carbocycles. The molecule has 0 amide bonds. The Morgan fingerprint density at radius 1 is 0.939 bits per heavy atom. The van der Waals surface area contributed by atoms with E-state index in [1.165, 1.54) is 18.0 Å². The Bertz CT molecular complexity index is 1280. The molecule has 1 fully saturated rings. The molecule has 0 radical (unpaired) electrons. The van der Waals surface area contributed by atoms with Crippen LogP contribution in [-0.2, 0) is 6.18 Å². The van der Waals surface area contributed by atoms with Crippen LogP contribution in [0.4, 0.5) is 18.9 Å². The molecule has 10 heteroatoms. The monoisotopic (exact) mass is 470 g/mol. The van der Waals surface area contributed by atoms with Crippen LogP contribution in [0.5, 0.6) is 0 Å². The highest BCUT2D eigenvalue weighted by molar-refractivity contribution is 7.97. The number of anilines is 1. The third-order valence-electron chi connectivity index (χ3n) is 5.76. The van der Waals surface area contributed by atoms with Gasteiger partial charge in [-0.15, -0.1) is 0 Å². The van der Waals surface area contributed by atoms with Crippen molar-refractivity contribution in [3.63, 3.8) is 0 Å². The zero-order valence-electron chi connectivity index (χ0n) is 17.5. The molecule has 5 rings (SSSR count). The second-order valence-electron chi connectivity index (χ2n) is 7.78. The summed E-state index contributed by atoms with van der Waals surface area (Å²) in [5.41, 5.74) is 3.66. The highest BCUT2D eigenvalue weighted by Gasteiger charge is 2.34. The van der Waals surface area contributed by atoms with Crippen LogP contribution in [0.15, 0.2) is 66.0 Å². The maximum absolute atomic E-state index is 13.4. The van der Waals surface area contributed by atoms with Crippen LogP contribution >= 0.6 is 11.9 Å². The third kappa shape index (κ3) is 4.29. The number of piperazine rings is 1. The number of hydrogen-bond acceptors (Lipinski definition) is 6. The molecule has 6 nitrogen and oxygen atoms in total. The SMILES string of the molecule is NSc1ccc(-c2cnn3cc(-c4ccc(N5CCNCC5)cc4)cnc23)cc1C(F)(F)F. The number of nitrogens with two attached hydrogens (primary N) is 1. The van der Waals surface area contributed by atoms with E-state index in [1.54, 1.807) is 16.8 Å². The van der Waals surface area contributed by atoms with Gasteiger partial charge in [0.2, 0.25) is 0 Å². The van der Waals surface area contributed by atoms with E-state index in [-0.39, 0.29) is 4.90 Å². The molecule has 3 N–H and O–H groups in total. The second kappa shape index (κ2) is 8.69. The molecule has 170 valence electrons. The predicted molar refractivity (Wildman–Crippen MR) is 124 cm³/mol. The normalized spacial score (nSPS) is 14.7. The molecule has 1 aliphatic rings. The number of alkyl halides is 3. The number of aromatic nitrogens is 3. The van der Waals surface area contributed by atoms with Gasteiger partial charge in [-0.05, 0) is 47.3 Å². The first-order chi connectivity index (χ1) is 15.9. The highest BCUT2D eigenvalue weighted by Crippen LogP contribution is 2.38. The molecule has 3 heterocycles. The van der Waals surface area contributed by atoms with Crippen molar-refractivity contribution in [2.45, 2.75) is 11.1 Å². The minimum absolute atomic E-state index is 0.0257. The Morgan fingerprint density at radius 2 is 1.67 bits per heavy atom. The average Bonchev–Trinajstić information content (AvgIpc) is 3.27. The van der Waals surface area contributed by atoms with Crippen molar-refractivity contribution in [1.82, 2.24) is 19.9 Å². The molecule has 2 aromatic heterocycles. The Labute approximate surface area is 192 Å². The van der Waals surface area contributed by atoms with Crippen LogP contribution in [-0.4, -0.2) is 40.8 Å². The van der Waals surface area contributed by atoms with Gasteiger partial charge >= 0.3 is 6.18 Å². The van der Waals surface area contributed by atoms with Gasteiger partial charge in [-0.25, -0.2) is 9.50 Å². The number of hydrogen-bond donors (Lipinski definition) is 2. The Hall–Kier alpha value is -3.08. The topological polar surface area (TPSA) is 71.5 Å². The number of nitrogens with one attached hydrogen (secondary N) is 1. The quantitative estimate of drug-likeness (QED) is 0.429. The van der Waals surface area contributed by atoms with E-state index in [0.29, 0.717) is 28.7 Å². The van der Waals surface area contributed by atoms with E-state index in [2.05, 4.69) is 32.4 Å². The van der Waals surface area contributed by atoms with Gasteiger partial charge in [-0.1, -0.05) is 18.2 Å². The number of fused-ring (bicyclic) bond motifs is 1. The Balaban J connectivity index is 1.46. The minimum Gasteiger partial charge on any atom is -0.369 e. The largest absolute Gasteiger partial charge is 0.417 e. The fraction of sp³-hybridized carbons (Fsp3) is 0.217. The first-order valence-corrected chi connectivity index (χ1v) is 11.3. The third-order valence-corrected chi connectivity index (χ3v) is 6.37. The number of rotatable bonds is 4. The van der Waals surface area contributed by atoms with Crippen LogP contribution in [0.2, 0.25) is 0 Å². The summed E-state index contributed by atoms with van der Waals surface area (Å²) in [5, 5.41) is 13.1. The summed E-state index contributed by atoms with van der Waals surface area (Å²) in [6.45, 7) is 3.90. The highest BCUT2D eigenvalue weighted by atomic mass is 32.2. The van der Waals surface area contributed by atoms with E-state index in [1.807, 2.05) is 18.3 Å². The van der Waals surface area contributed by atoms with Gasteiger partial charge in [0.1, 0.15) is 0 Å². The predicted octanol–water partition coefficient (Wildman–Crippen LogP) is 4.46. The van der Waals surface area contributed by atoms with Gasteiger partial charge in [0, 0.05) is 60.3 Å². The molecular formula is C23H21F3N6S. The maximum atomic E-state index is 13.4. The molecule has 0 aliphatic carbocycles. The lowest BCUT2D eigenvalue weighted by Crippen LogP contribution is -2.43. The van der Waals surface area contributed by atoms with Crippen LogP contribution in [0.25, 0.3) is 27.9 Å². The Morgan fingerprint density at radius 3 is 2.36 bits per heavy atom. The molecule has 4 aromatic rings. The average molecular weight is 471 g/mol. The van der Waals surface area contributed by atoms with Gasteiger partial charge in [0.05, 0.1) is 11.8 Å². The first-order valence-electron chi connectivity index (χ1n) is 10.4. The summed E-state index contributed by atoms with van der Waals surface area (Å²) in [7, 11) is 0. The van der Waals surface area contributed by atoms with Crippen LogP contribution in [0, 0.1) is 0 Å². The van der Waals surface area contributed by atoms with Crippen molar-refractivity contribution in [3.8, 4) is 22.3 Å². The molecule has 1 saturated heterocycles. The van der Waals surface area contributed by atoms with Crippen molar-refractivity contribution >= 4 is 23.3 Å². The van der Waals surface area contributed by atoms with Gasteiger partial charge < -0.3 is 10.2 Å². The smallest absolute Gasteiger partial charge is 0.369 e. The summed E-state index contributed by atoms with van der Waals surface area (Å²) in [6.07, 6.45) is 0.581. The fourth-order valence-corrected chi connectivity index (χ4v) is 4.49. The summed E-state index contributed by atoms with van der Waals surface area (Å²) < 4.78 is 41.9.